The molecule has 0 spiro atoms. The summed E-state index contributed by atoms with van der Waals surface area (Å²) in [6.07, 6.45) is 0.526. The van der Waals surface area contributed by atoms with Gasteiger partial charge in [-0.1, -0.05) is 21.6 Å². The molecule has 12 heteroatoms. The van der Waals surface area contributed by atoms with Gasteiger partial charge in [0.2, 0.25) is 0 Å². The molecule has 110 valence electrons. The molecule has 2 atom stereocenters. The van der Waals surface area contributed by atoms with E-state index in [0.717, 1.165) is 0 Å². The Kier molecular flexibility index (Phi) is 20.0. The summed E-state index contributed by atoms with van der Waals surface area (Å²) in [6, 6.07) is 0. The van der Waals surface area contributed by atoms with Crippen LogP contribution in [0.2, 0.25) is 0 Å². The molecule has 6 nitrogen and oxygen atoms in total. The van der Waals surface area contributed by atoms with Gasteiger partial charge in [-0.2, -0.15) is 0 Å². The predicted molar refractivity (Wildman–Crippen MR) is 72.5 cm³/mol. The maximum Gasteiger partial charge on any atom is 1.00 e. The van der Waals surface area contributed by atoms with Crippen molar-refractivity contribution in [3.63, 3.8) is 0 Å². The molecule has 20 heavy (non-hydrogen) atoms. The molecule has 0 fully saturated rings. The molecule has 0 saturated heterocycles. The van der Waals surface area contributed by atoms with Crippen molar-refractivity contribution >= 4 is 41.8 Å². The van der Waals surface area contributed by atoms with Gasteiger partial charge in [0.25, 0.3) is 0 Å². The van der Waals surface area contributed by atoms with E-state index in [2.05, 4.69) is 0 Å². The van der Waals surface area contributed by atoms with Gasteiger partial charge in [-0.25, -0.2) is 16.8 Å². The minimum atomic E-state index is -4.22. The van der Waals surface area contributed by atoms with Gasteiger partial charge in [-0.3, -0.25) is 0 Å². The fourth-order valence-electron chi connectivity index (χ4n) is 0.835. The Morgan fingerprint density at radius 2 is 1.05 bits per heavy atom. The summed E-state index contributed by atoms with van der Waals surface area (Å²) in [7, 11) is -5.71. The van der Waals surface area contributed by atoms with E-state index in [-0.39, 0.29) is 116 Å². The van der Waals surface area contributed by atoms with Crippen molar-refractivity contribution in [1.82, 2.24) is 0 Å². The van der Waals surface area contributed by atoms with Crippen molar-refractivity contribution in [2.75, 3.05) is 11.5 Å². The minimum absolute atomic E-state index is 0. The van der Waals surface area contributed by atoms with Gasteiger partial charge in [-0.05, 0) is 26.7 Å². The first kappa shape index (κ1) is 28.6. The molecule has 0 saturated carbocycles. The smallest absolute Gasteiger partial charge is 0.748 e. The van der Waals surface area contributed by atoms with Gasteiger partial charge >= 0.3 is 103 Å². The maximum atomic E-state index is 10.6. The zero-order chi connectivity index (χ0) is 14.4. The third-order valence-electron chi connectivity index (χ3n) is 2.28. The van der Waals surface area contributed by atoms with Gasteiger partial charge < -0.3 is 9.11 Å². The van der Waals surface area contributed by atoms with E-state index in [1.807, 2.05) is 0 Å². The minimum Gasteiger partial charge on any atom is -0.748 e. The van der Waals surface area contributed by atoms with Crippen LogP contribution in [0.5, 0.6) is 0 Å². The first-order valence-corrected chi connectivity index (χ1v) is 10.6. The van der Waals surface area contributed by atoms with Crippen molar-refractivity contribution in [3.8, 4) is 0 Å². The largest absolute Gasteiger partial charge is 1.00 e. The van der Waals surface area contributed by atoms with Gasteiger partial charge in [0, 0.05) is 22.0 Å². The second-order valence-electron chi connectivity index (χ2n) is 3.83. The van der Waals surface area contributed by atoms with E-state index >= 15 is 0 Å². The molecule has 0 aliphatic heterocycles. The van der Waals surface area contributed by atoms with Crippen molar-refractivity contribution in [2.45, 2.75) is 37.2 Å². The molecule has 0 bridgehead atoms. The molecular weight excluding hydrogens is 399 g/mol. The number of rotatable bonds is 9. The first-order chi connectivity index (χ1) is 8.05. The normalized spacial score (nSPS) is 14.8. The van der Waals surface area contributed by atoms with Gasteiger partial charge in [-0.15, -0.1) is 0 Å². The second-order valence-corrected chi connectivity index (χ2v) is 10.1. The molecule has 0 aliphatic carbocycles. The van der Waals surface area contributed by atoms with Crippen molar-refractivity contribution in [1.29, 1.82) is 0 Å². The van der Waals surface area contributed by atoms with Crippen LogP contribution < -0.4 is 103 Å². The van der Waals surface area contributed by atoms with E-state index in [1.54, 1.807) is 0 Å². The van der Waals surface area contributed by atoms with Crippen LogP contribution in [0.25, 0.3) is 0 Å². The Morgan fingerprint density at radius 1 is 0.800 bits per heavy atom. The summed E-state index contributed by atoms with van der Waals surface area (Å²) in [5, 5.41) is -1.82. The zero-order valence-electron chi connectivity index (χ0n) is 12.1. The average molecular weight is 415 g/mol. The summed E-state index contributed by atoms with van der Waals surface area (Å²) in [6.45, 7) is 2.72. The third-order valence-corrected chi connectivity index (χ3v) is 7.20. The van der Waals surface area contributed by atoms with Crippen molar-refractivity contribution in [2.24, 2.45) is 0 Å². The van der Waals surface area contributed by atoms with Crippen LogP contribution in [0, 0.1) is 0 Å². The fraction of sp³-hybridized carbons (Fsp3) is 1.00. The molecule has 0 amide bonds. The summed E-state index contributed by atoms with van der Waals surface area (Å²) in [5.41, 5.74) is 0. The molecule has 0 aliphatic rings. The topological polar surface area (TPSA) is 114 Å². The molecule has 0 radical (unpaired) electrons. The fourth-order valence-corrected chi connectivity index (χ4v) is 4.37. The number of hydrogen-bond donors (Lipinski definition) is 0. The van der Waals surface area contributed by atoms with Crippen LogP contribution in [0.15, 0.2) is 0 Å². The van der Waals surface area contributed by atoms with E-state index < -0.39 is 30.7 Å². The molecule has 2 unspecified atom stereocenters. The Balaban J connectivity index is -0.00000144. The third kappa shape index (κ3) is 15.3. The molecule has 0 aromatic heterocycles. The summed E-state index contributed by atoms with van der Waals surface area (Å²) >= 11 is 0. The van der Waals surface area contributed by atoms with E-state index in [1.165, 1.54) is 35.4 Å². The second kappa shape index (κ2) is 14.0. The van der Waals surface area contributed by atoms with Crippen LogP contribution in [0.1, 0.15) is 26.7 Å². The average Bonchev–Trinajstić information content (AvgIpc) is 2.19. The van der Waals surface area contributed by atoms with Crippen LogP contribution in [-0.4, -0.2) is 47.9 Å². The van der Waals surface area contributed by atoms with Crippen LogP contribution in [-0.2, 0) is 20.2 Å². The number of hydrogen-bond acceptors (Lipinski definition) is 8. The summed E-state index contributed by atoms with van der Waals surface area (Å²) in [4.78, 5) is 0. The summed E-state index contributed by atoms with van der Waals surface area (Å²) < 4.78 is 63.5. The Morgan fingerprint density at radius 3 is 1.25 bits per heavy atom. The van der Waals surface area contributed by atoms with E-state index in [4.69, 9.17) is 0 Å². The van der Waals surface area contributed by atoms with E-state index in [9.17, 15) is 25.9 Å². The Bertz CT molecular complexity index is 396. The molecule has 0 N–H and O–H groups in total. The quantitative estimate of drug-likeness (QED) is 0.159. The van der Waals surface area contributed by atoms with Crippen LogP contribution >= 0.6 is 21.6 Å². The van der Waals surface area contributed by atoms with Gasteiger partial charge in [0.15, 0.2) is 0 Å². The van der Waals surface area contributed by atoms with Crippen LogP contribution in [0.3, 0.4) is 0 Å². The molecule has 0 aromatic carbocycles. The SMILES string of the molecule is CC(CCSSCCC(C)S(=O)(=O)[O-])S(=O)(=O)[O-].[K+].[K+]. The zero-order valence-corrected chi connectivity index (χ0v) is 21.6. The Labute approximate surface area is 214 Å². The molecule has 0 heterocycles. The van der Waals surface area contributed by atoms with Crippen molar-refractivity contribution in [3.05, 3.63) is 0 Å². The monoisotopic (exact) mass is 414 g/mol. The standard InChI is InChI=1S/C8H18O6S4.2K/c1-7(17(9,10)11)3-5-15-16-6-4-8(2)18(12,13)14;;/h7-8H,3-6H2,1-2H3,(H,9,10,11)(H,12,13,14);;/q;2*+1/p-2. The molecular formula is C8H16K2O6S4. The Hall–Kier alpha value is 3.79. The van der Waals surface area contributed by atoms with Crippen molar-refractivity contribution < 1.29 is 129 Å². The molecule has 0 rings (SSSR count). The van der Waals surface area contributed by atoms with Gasteiger partial charge in [0.1, 0.15) is 0 Å². The first-order valence-electron chi connectivity index (χ1n) is 5.19. The summed E-state index contributed by atoms with van der Waals surface area (Å²) in [5.74, 6) is 0.984. The van der Waals surface area contributed by atoms with E-state index in [0.29, 0.717) is 11.5 Å². The predicted octanol–water partition coefficient (Wildman–Crippen LogP) is -4.98. The maximum absolute atomic E-state index is 10.6. The van der Waals surface area contributed by atoms with Gasteiger partial charge in [0.05, 0.1) is 20.2 Å². The molecule has 0 aromatic rings. The van der Waals surface area contributed by atoms with Crippen LogP contribution in [0.4, 0.5) is 0 Å².